The number of rotatable bonds is 3. The molecule has 0 spiro atoms. The zero-order valence-corrected chi connectivity index (χ0v) is 16.5. The zero-order valence-electron chi connectivity index (χ0n) is 14.1. The van der Waals surface area contributed by atoms with E-state index in [1.54, 1.807) is 24.0 Å². The van der Waals surface area contributed by atoms with Crippen LogP contribution in [-0.2, 0) is 9.54 Å². The zero-order chi connectivity index (χ0) is 18.4. The number of hydrogen-bond donors (Lipinski definition) is 0. The quantitative estimate of drug-likeness (QED) is 0.583. The van der Waals surface area contributed by atoms with Gasteiger partial charge in [-0.25, -0.2) is 0 Å². The van der Waals surface area contributed by atoms with Crippen LogP contribution in [0.5, 0.6) is 0 Å². The molecule has 2 aromatic rings. The molecule has 132 valence electrons. The molecule has 1 aliphatic heterocycles. The van der Waals surface area contributed by atoms with E-state index in [-0.39, 0.29) is 0 Å². The number of anilines is 1. The van der Waals surface area contributed by atoms with E-state index in [0.29, 0.717) is 5.56 Å². The molecule has 2 aromatic carbocycles. The van der Waals surface area contributed by atoms with Gasteiger partial charge in [0.05, 0.1) is 5.97 Å². The molecule has 6 heteroatoms. The van der Waals surface area contributed by atoms with Gasteiger partial charge in [0, 0.05) is 5.69 Å². The Morgan fingerprint density at radius 3 is 2.24 bits per heavy atom. The highest BCUT2D eigenvalue weighted by Crippen LogP contribution is 2.62. The second kappa shape index (κ2) is 6.42. The Hall–Kier alpha value is -1.36. The molecule has 1 saturated heterocycles. The maximum absolute atomic E-state index is 12.4. The fourth-order valence-corrected chi connectivity index (χ4v) is 6.25. The third-order valence-corrected chi connectivity index (χ3v) is 7.34. The normalized spacial score (nSPS) is 29.0. The van der Waals surface area contributed by atoms with Crippen molar-refractivity contribution in [3.8, 4) is 0 Å². The third-order valence-electron chi connectivity index (χ3n) is 4.76. The molecular weight excluding hydrogens is 377 g/mol. The van der Waals surface area contributed by atoms with Crippen molar-refractivity contribution in [2.75, 3.05) is 4.90 Å². The molecule has 1 aliphatic rings. The van der Waals surface area contributed by atoms with Crippen molar-refractivity contribution in [2.45, 2.75) is 35.3 Å². The molecule has 25 heavy (non-hydrogen) atoms. The molecular formula is C19H18Cl2NO2S-. The molecule has 1 heterocycles. The molecule has 0 saturated carbocycles. The second-order valence-corrected chi connectivity index (χ2v) is 9.01. The van der Waals surface area contributed by atoms with E-state index in [0.717, 1.165) is 28.6 Å². The number of carbonyl (C=O) groups is 1. The van der Waals surface area contributed by atoms with Crippen molar-refractivity contribution in [1.82, 2.24) is 0 Å². The van der Waals surface area contributed by atoms with Crippen LogP contribution >= 0.6 is 35.0 Å². The fourth-order valence-electron chi connectivity index (χ4n) is 3.46. The number of hydrogen-bond acceptors (Lipinski definition) is 4. The number of thioether (sulfide) groups is 1. The first-order valence-electron chi connectivity index (χ1n) is 7.87. The van der Waals surface area contributed by atoms with Gasteiger partial charge in [-0.1, -0.05) is 77.4 Å². The Balaban J connectivity index is 2.25. The first-order valence-corrected chi connectivity index (χ1v) is 9.56. The monoisotopic (exact) mass is 394 g/mol. The highest BCUT2D eigenvalue weighted by Gasteiger charge is 2.63. The summed E-state index contributed by atoms with van der Waals surface area (Å²) in [6, 6.07) is 15.0. The van der Waals surface area contributed by atoms with Gasteiger partial charge in [-0.05, 0) is 43.5 Å². The van der Waals surface area contributed by atoms with Gasteiger partial charge in [0.2, 0.25) is 0 Å². The summed E-state index contributed by atoms with van der Waals surface area (Å²) in [5.41, 5.74) is 3.23. The molecule has 0 aromatic heterocycles. The number of carbonyl (C=O) groups excluding carboxylic acids is 1. The van der Waals surface area contributed by atoms with Crippen molar-refractivity contribution >= 4 is 46.6 Å². The lowest BCUT2D eigenvalue weighted by Crippen LogP contribution is -2.58. The minimum absolute atomic E-state index is 0.610. The maximum Gasteiger partial charge on any atom is 0.154 e. The molecule has 3 rings (SSSR count). The molecule has 3 nitrogen and oxygen atoms in total. The summed E-state index contributed by atoms with van der Waals surface area (Å²) in [4.78, 5) is 12.2. The van der Waals surface area contributed by atoms with E-state index in [1.807, 2.05) is 50.2 Å². The molecule has 3 atom stereocenters. The summed E-state index contributed by atoms with van der Waals surface area (Å²) in [5, 5.41) is 12.4. The molecule has 0 radical (unpaired) electrons. The molecule has 0 aliphatic carbocycles. The number of aliphatic carboxylic acids is 1. The minimum Gasteiger partial charge on any atom is -0.548 e. The van der Waals surface area contributed by atoms with E-state index in [1.165, 1.54) is 0 Å². The van der Waals surface area contributed by atoms with Crippen molar-refractivity contribution < 1.29 is 9.90 Å². The van der Waals surface area contributed by atoms with Crippen LogP contribution in [-0.4, -0.2) is 15.8 Å². The Morgan fingerprint density at radius 2 is 1.68 bits per heavy atom. The average Bonchev–Trinajstić information content (AvgIpc) is 2.75. The minimum atomic E-state index is -1.51. The van der Waals surface area contributed by atoms with Crippen molar-refractivity contribution in [1.29, 1.82) is 0 Å². The number of benzene rings is 2. The first kappa shape index (κ1) is 18.4. The smallest absolute Gasteiger partial charge is 0.154 e. The number of para-hydroxylation sites is 1. The van der Waals surface area contributed by atoms with Crippen LogP contribution in [0, 0.1) is 13.8 Å². The summed E-state index contributed by atoms with van der Waals surface area (Å²) in [6.07, 6.45) is 0. The van der Waals surface area contributed by atoms with Crippen molar-refractivity contribution in [2.24, 2.45) is 0 Å². The Bertz CT molecular complexity index is 827. The number of carboxylic acid groups (broad SMARTS) is 1. The van der Waals surface area contributed by atoms with Crippen molar-refractivity contribution in [3.05, 3.63) is 65.2 Å². The summed E-state index contributed by atoms with van der Waals surface area (Å²) < 4.78 is -1.51. The van der Waals surface area contributed by atoms with Crippen LogP contribution in [0.2, 0.25) is 0 Å². The second-order valence-electron chi connectivity index (χ2n) is 6.30. The summed E-state index contributed by atoms with van der Waals surface area (Å²) in [5.74, 6) is -1.24. The number of aryl methyl sites for hydroxylation is 2. The topological polar surface area (TPSA) is 43.4 Å². The highest BCUT2D eigenvalue weighted by molar-refractivity contribution is 8.03. The van der Waals surface area contributed by atoms with Crippen LogP contribution in [0.25, 0.3) is 0 Å². The predicted molar refractivity (Wildman–Crippen MR) is 103 cm³/mol. The van der Waals surface area contributed by atoms with Gasteiger partial charge in [0.1, 0.15) is 9.75 Å². The van der Waals surface area contributed by atoms with E-state index in [4.69, 9.17) is 23.2 Å². The maximum atomic E-state index is 12.4. The largest absolute Gasteiger partial charge is 0.548 e. The summed E-state index contributed by atoms with van der Waals surface area (Å²) in [6.45, 7) is 5.51. The lowest BCUT2D eigenvalue weighted by Gasteiger charge is -2.44. The van der Waals surface area contributed by atoms with E-state index < -0.39 is 20.5 Å². The Morgan fingerprint density at radius 1 is 1.12 bits per heavy atom. The van der Waals surface area contributed by atoms with Crippen LogP contribution in [0.1, 0.15) is 23.6 Å². The van der Waals surface area contributed by atoms with Gasteiger partial charge in [-0.2, -0.15) is 0 Å². The average molecular weight is 395 g/mol. The van der Waals surface area contributed by atoms with Gasteiger partial charge < -0.3 is 14.8 Å². The Kier molecular flexibility index (Phi) is 4.73. The molecule has 3 unspecified atom stereocenters. The van der Waals surface area contributed by atoms with Crippen LogP contribution in [0.3, 0.4) is 0 Å². The predicted octanol–water partition coefficient (Wildman–Crippen LogP) is 3.98. The number of carboxylic acids is 1. The number of halogens is 2. The number of nitrogens with zero attached hydrogens (tertiary/aromatic N) is 1. The first-order chi connectivity index (χ1) is 11.7. The fraction of sp³-hybridized carbons (Fsp3) is 0.316. The SMILES string of the molecule is Cc1ccccc1N1C(Cl)SC(C(=O)[O-])(c2ccccc2C)C1(C)Cl. The highest BCUT2D eigenvalue weighted by atomic mass is 35.5. The van der Waals surface area contributed by atoms with Gasteiger partial charge in [-0.3, -0.25) is 0 Å². The molecule has 0 N–H and O–H groups in total. The molecule has 0 amide bonds. The Labute approximate surface area is 161 Å². The summed E-state index contributed by atoms with van der Waals surface area (Å²) in [7, 11) is 0. The van der Waals surface area contributed by atoms with E-state index in [2.05, 4.69) is 0 Å². The van der Waals surface area contributed by atoms with E-state index >= 15 is 0 Å². The van der Waals surface area contributed by atoms with Gasteiger partial charge in [0.25, 0.3) is 0 Å². The summed E-state index contributed by atoms with van der Waals surface area (Å²) >= 11 is 14.7. The number of alkyl halides is 2. The standard InChI is InChI=1S/C19H19Cl2NO2S/c1-12-8-4-6-10-14(12)19(16(23)24)18(3,21)22(17(20)25-19)15-11-7-5-9-13(15)2/h4-11,17H,1-3H3,(H,23,24)/p-1. The van der Waals surface area contributed by atoms with Crippen LogP contribution < -0.4 is 10.0 Å². The lowest BCUT2D eigenvalue weighted by molar-refractivity contribution is -0.310. The van der Waals surface area contributed by atoms with Crippen LogP contribution in [0.15, 0.2) is 48.5 Å². The van der Waals surface area contributed by atoms with Crippen molar-refractivity contribution in [3.63, 3.8) is 0 Å². The van der Waals surface area contributed by atoms with Crippen LogP contribution in [0.4, 0.5) is 5.69 Å². The lowest BCUT2D eigenvalue weighted by atomic mass is 9.86. The third kappa shape index (κ3) is 2.62. The van der Waals surface area contributed by atoms with Gasteiger partial charge >= 0.3 is 0 Å². The molecule has 0 bridgehead atoms. The van der Waals surface area contributed by atoms with Gasteiger partial charge in [0.15, 0.2) is 4.83 Å². The van der Waals surface area contributed by atoms with E-state index in [9.17, 15) is 9.90 Å². The molecule has 1 fully saturated rings. The van der Waals surface area contributed by atoms with Gasteiger partial charge in [-0.15, -0.1) is 0 Å².